The third kappa shape index (κ3) is 2.05. The zero-order valence-electron chi connectivity index (χ0n) is 10.5. The van der Waals surface area contributed by atoms with Crippen LogP contribution in [0.1, 0.15) is 24.4 Å². The van der Waals surface area contributed by atoms with Crippen LogP contribution in [0, 0.1) is 5.41 Å². The first-order chi connectivity index (χ1) is 9.18. The van der Waals surface area contributed by atoms with Gasteiger partial charge in [-0.15, -0.1) is 0 Å². The van der Waals surface area contributed by atoms with E-state index >= 15 is 0 Å². The van der Waals surface area contributed by atoms with Crippen molar-refractivity contribution < 1.29 is 0 Å². The number of nitrogen functional groups attached to an aromatic ring is 1. The minimum atomic E-state index is -0.168. The van der Waals surface area contributed by atoms with Gasteiger partial charge in [0.25, 0.3) is 5.56 Å². The molecule has 3 N–H and O–H groups in total. The van der Waals surface area contributed by atoms with Crippen LogP contribution in [0.4, 0.5) is 0 Å². The lowest BCUT2D eigenvalue weighted by molar-refractivity contribution is 0.714. The molecule has 0 atom stereocenters. The SMILES string of the molecule is N=C(N)c1ccc(-c2ccccc2)n(C2CC2)c1=O. The molecule has 1 fully saturated rings. The van der Waals surface area contributed by atoms with E-state index in [9.17, 15) is 4.79 Å². The predicted octanol–water partition coefficient (Wildman–Crippen LogP) is 2.13. The number of aromatic nitrogens is 1. The molecule has 19 heavy (non-hydrogen) atoms. The highest BCUT2D eigenvalue weighted by Gasteiger charge is 2.28. The highest BCUT2D eigenvalue weighted by Crippen LogP contribution is 2.37. The number of pyridine rings is 1. The number of rotatable bonds is 3. The number of amidine groups is 1. The maximum Gasteiger partial charge on any atom is 0.262 e. The number of nitrogens with two attached hydrogens (primary N) is 1. The Morgan fingerprint density at radius 1 is 1.16 bits per heavy atom. The Kier molecular flexibility index (Phi) is 2.71. The molecule has 1 heterocycles. The lowest BCUT2D eigenvalue weighted by Crippen LogP contribution is -2.29. The standard InChI is InChI=1S/C15H15N3O/c16-14(17)12-8-9-13(10-4-2-1-3-5-10)18(15(12)19)11-6-7-11/h1-5,8-9,11H,6-7H2,(H3,16,17). The van der Waals surface area contributed by atoms with Gasteiger partial charge in [-0.05, 0) is 30.5 Å². The van der Waals surface area contributed by atoms with Gasteiger partial charge >= 0.3 is 0 Å². The van der Waals surface area contributed by atoms with E-state index in [1.165, 1.54) is 0 Å². The molecule has 0 unspecified atom stereocenters. The van der Waals surface area contributed by atoms with Gasteiger partial charge in [0.1, 0.15) is 5.84 Å². The average Bonchev–Trinajstić information content (AvgIpc) is 3.23. The van der Waals surface area contributed by atoms with Crippen molar-refractivity contribution in [1.82, 2.24) is 4.57 Å². The van der Waals surface area contributed by atoms with E-state index < -0.39 is 0 Å². The van der Waals surface area contributed by atoms with Gasteiger partial charge in [0.2, 0.25) is 0 Å². The van der Waals surface area contributed by atoms with Crippen LogP contribution in [0.3, 0.4) is 0 Å². The molecule has 0 spiro atoms. The summed E-state index contributed by atoms with van der Waals surface area (Å²) in [6, 6.07) is 13.6. The van der Waals surface area contributed by atoms with E-state index in [0.717, 1.165) is 24.1 Å². The largest absolute Gasteiger partial charge is 0.384 e. The number of nitrogens with one attached hydrogen (secondary N) is 1. The van der Waals surface area contributed by atoms with Crippen molar-refractivity contribution in [3.63, 3.8) is 0 Å². The first kappa shape index (κ1) is 11.7. The quantitative estimate of drug-likeness (QED) is 0.649. The van der Waals surface area contributed by atoms with Crippen molar-refractivity contribution in [3.05, 3.63) is 58.4 Å². The van der Waals surface area contributed by atoms with Crippen molar-refractivity contribution >= 4 is 5.84 Å². The minimum Gasteiger partial charge on any atom is -0.384 e. The molecule has 0 bridgehead atoms. The molecule has 4 nitrogen and oxygen atoms in total. The van der Waals surface area contributed by atoms with Crippen molar-refractivity contribution in [3.8, 4) is 11.3 Å². The zero-order valence-corrected chi connectivity index (χ0v) is 10.5. The Hall–Kier alpha value is -2.36. The zero-order chi connectivity index (χ0) is 13.4. The number of nitrogens with zero attached hydrogens (tertiary/aromatic N) is 1. The summed E-state index contributed by atoms with van der Waals surface area (Å²) in [4.78, 5) is 12.4. The van der Waals surface area contributed by atoms with Gasteiger partial charge in [0.15, 0.2) is 0 Å². The molecule has 1 aromatic carbocycles. The van der Waals surface area contributed by atoms with Crippen LogP contribution in [0.25, 0.3) is 11.3 Å². The van der Waals surface area contributed by atoms with Crippen molar-refractivity contribution in [2.45, 2.75) is 18.9 Å². The minimum absolute atomic E-state index is 0.156. The maximum absolute atomic E-state index is 12.4. The fourth-order valence-electron chi connectivity index (χ4n) is 2.30. The molecular weight excluding hydrogens is 238 g/mol. The van der Waals surface area contributed by atoms with Crippen LogP contribution in [-0.4, -0.2) is 10.4 Å². The van der Waals surface area contributed by atoms with Gasteiger partial charge in [0, 0.05) is 6.04 Å². The summed E-state index contributed by atoms with van der Waals surface area (Å²) in [5.41, 5.74) is 7.51. The second kappa shape index (κ2) is 4.39. The van der Waals surface area contributed by atoms with Gasteiger partial charge in [-0.25, -0.2) is 0 Å². The van der Waals surface area contributed by atoms with E-state index in [1.54, 1.807) is 10.6 Å². The third-order valence-electron chi connectivity index (χ3n) is 3.39. The highest BCUT2D eigenvalue weighted by molar-refractivity contribution is 5.94. The van der Waals surface area contributed by atoms with Crippen molar-refractivity contribution in [2.75, 3.05) is 0 Å². The van der Waals surface area contributed by atoms with E-state index in [1.807, 2.05) is 36.4 Å². The number of hydrogen-bond acceptors (Lipinski definition) is 2. The normalized spacial score (nSPS) is 14.3. The molecule has 0 amide bonds. The fourth-order valence-corrected chi connectivity index (χ4v) is 2.30. The highest BCUT2D eigenvalue weighted by atomic mass is 16.1. The fraction of sp³-hybridized carbons (Fsp3) is 0.200. The first-order valence-electron chi connectivity index (χ1n) is 6.34. The summed E-state index contributed by atoms with van der Waals surface area (Å²) in [7, 11) is 0. The van der Waals surface area contributed by atoms with Crippen LogP contribution in [0.5, 0.6) is 0 Å². The predicted molar refractivity (Wildman–Crippen MR) is 75.4 cm³/mol. The second-order valence-corrected chi connectivity index (χ2v) is 4.82. The van der Waals surface area contributed by atoms with Gasteiger partial charge in [-0.3, -0.25) is 10.2 Å². The number of hydrogen-bond donors (Lipinski definition) is 2. The Labute approximate surface area is 111 Å². The van der Waals surface area contributed by atoms with Gasteiger partial charge < -0.3 is 10.3 Å². The molecule has 1 aliphatic carbocycles. The van der Waals surface area contributed by atoms with Crippen LogP contribution in [0.15, 0.2) is 47.3 Å². The second-order valence-electron chi connectivity index (χ2n) is 4.82. The van der Waals surface area contributed by atoms with E-state index in [4.69, 9.17) is 11.1 Å². The molecule has 96 valence electrons. The van der Waals surface area contributed by atoms with Crippen LogP contribution < -0.4 is 11.3 Å². The van der Waals surface area contributed by atoms with Gasteiger partial charge in [-0.2, -0.15) is 0 Å². The molecule has 4 heteroatoms. The molecule has 3 rings (SSSR count). The summed E-state index contributed by atoms with van der Waals surface area (Å²) in [5, 5.41) is 7.47. The van der Waals surface area contributed by atoms with Crippen LogP contribution in [0.2, 0.25) is 0 Å². The molecule has 0 saturated heterocycles. The summed E-state index contributed by atoms with van der Waals surface area (Å²) in [6.45, 7) is 0. The summed E-state index contributed by atoms with van der Waals surface area (Å²) >= 11 is 0. The summed E-state index contributed by atoms with van der Waals surface area (Å²) in [5.74, 6) is -0.168. The van der Waals surface area contributed by atoms with Crippen molar-refractivity contribution in [2.24, 2.45) is 5.73 Å². The van der Waals surface area contributed by atoms with Crippen molar-refractivity contribution in [1.29, 1.82) is 5.41 Å². The van der Waals surface area contributed by atoms with Crippen LogP contribution in [-0.2, 0) is 0 Å². The average molecular weight is 253 g/mol. The topological polar surface area (TPSA) is 71.9 Å². The van der Waals surface area contributed by atoms with Gasteiger partial charge in [-0.1, -0.05) is 30.3 Å². The molecule has 1 aliphatic rings. The molecular formula is C15H15N3O. The molecule has 0 radical (unpaired) electrons. The van der Waals surface area contributed by atoms with Crippen LogP contribution >= 0.6 is 0 Å². The number of benzene rings is 1. The Morgan fingerprint density at radius 3 is 2.42 bits per heavy atom. The summed E-state index contributed by atoms with van der Waals surface area (Å²) in [6.07, 6.45) is 2.03. The smallest absolute Gasteiger partial charge is 0.262 e. The Balaban J connectivity index is 2.24. The Morgan fingerprint density at radius 2 is 1.84 bits per heavy atom. The lowest BCUT2D eigenvalue weighted by atomic mass is 10.1. The summed E-state index contributed by atoms with van der Waals surface area (Å²) < 4.78 is 1.78. The van der Waals surface area contributed by atoms with E-state index in [2.05, 4.69) is 0 Å². The van der Waals surface area contributed by atoms with E-state index in [-0.39, 0.29) is 23.0 Å². The first-order valence-corrected chi connectivity index (χ1v) is 6.34. The van der Waals surface area contributed by atoms with E-state index in [0.29, 0.717) is 0 Å². The molecule has 0 aliphatic heterocycles. The Bertz CT molecular complexity index is 684. The molecule has 1 saturated carbocycles. The molecule has 1 aromatic heterocycles. The maximum atomic E-state index is 12.4. The van der Waals surface area contributed by atoms with Gasteiger partial charge in [0.05, 0.1) is 11.3 Å². The third-order valence-corrected chi connectivity index (χ3v) is 3.39. The molecule has 2 aromatic rings. The lowest BCUT2D eigenvalue weighted by Gasteiger charge is -2.13. The monoisotopic (exact) mass is 253 g/mol.